The second-order valence-electron chi connectivity index (χ2n) is 3.59. The van der Waals surface area contributed by atoms with Crippen LogP contribution in [0.3, 0.4) is 0 Å². The highest BCUT2D eigenvalue weighted by Gasteiger charge is 2.35. The van der Waals surface area contributed by atoms with Crippen LogP contribution in [0.4, 0.5) is 0 Å². The van der Waals surface area contributed by atoms with Crippen molar-refractivity contribution in [1.29, 1.82) is 0 Å². The summed E-state index contributed by atoms with van der Waals surface area (Å²) in [5, 5.41) is 18.8. The largest absolute Gasteiger partial charge is 0.386 e. The third-order valence-electron chi connectivity index (χ3n) is 2.29. The molecular weight excluding hydrogens is 158 g/mol. The second-order valence-corrected chi connectivity index (χ2v) is 3.59. The first kappa shape index (κ1) is 9.92. The van der Waals surface area contributed by atoms with Gasteiger partial charge >= 0.3 is 0 Å². The SMILES string of the molecule is C[C@@H]1C[C@@H](N(C)C)[C@H](O)[C@H](O)O1. The van der Waals surface area contributed by atoms with Crippen molar-refractivity contribution in [2.45, 2.75) is 37.9 Å². The standard InChI is InChI=1S/C8H17NO3/c1-5-4-6(9(2)3)7(10)8(11)12-5/h5-8,10-11H,4H2,1-3H3/t5-,6-,7+,8-/m1/s1. The first-order chi connectivity index (χ1) is 5.52. The first-order valence-corrected chi connectivity index (χ1v) is 4.20. The Bertz CT molecular complexity index is 151. The summed E-state index contributed by atoms with van der Waals surface area (Å²) >= 11 is 0. The van der Waals surface area contributed by atoms with Crippen LogP contribution in [0.2, 0.25) is 0 Å². The third kappa shape index (κ3) is 1.95. The van der Waals surface area contributed by atoms with Crippen LogP contribution < -0.4 is 0 Å². The maximum atomic E-state index is 9.51. The van der Waals surface area contributed by atoms with Crippen molar-refractivity contribution >= 4 is 0 Å². The molecule has 1 aliphatic heterocycles. The van der Waals surface area contributed by atoms with E-state index < -0.39 is 12.4 Å². The van der Waals surface area contributed by atoms with Gasteiger partial charge in [0.2, 0.25) is 0 Å². The quantitative estimate of drug-likeness (QED) is 0.559. The van der Waals surface area contributed by atoms with Crippen LogP contribution in [0.15, 0.2) is 0 Å². The Kier molecular flexibility index (Phi) is 3.06. The van der Waals surface area contributed by atoms with E-state index in [9.17, 15) is 10.2 Å². The fourth-order valence-electron chi connectivity index (χ4n) is 1.56. The van der Waals surface area contributed by atoms with Crippen molar-refractivity contribution < 1.29 is 14.9 Å². The normalized spacial score (nSPS) is 43.5. The number of hydrogen-bond donors (Lipinski definition) is 2. The van der Waals surface area contributed by atoms with E-state index in [4.69, 9.17) is 4.74 Å². The van der Waals surface area contributed by atoms with Gasteiger partial charge in [-0.05, 0) is 27.4 Å². The van der Waals surface area contributed by atoms with Crippen molar-refractivity contribution in [2.24, 2.45) is 0 Å². The van der Waals surface area contributed by atoms with Gasteiger partial charge in [-0.1, -0.05) is 0 Å². The zero-order chi connectivity index (χ0) is 9.30. The van der Waals surface area contributed by atoms with Crippen LogP contribution in [-0.4, -0.2) is 53.7 Å². The maximum absolute atomic E-state index is 9.51. The number of ether oxygens (including phenoxy) is 1. The van der Waals surface area contributed by atoms with Crippen LogP contribution in [0.25, 0.3) is 0 Å². The summed E-state index contributed by atoms with van der Waals surface area (Å²) in [6, 6.07) is -0.0104. The lowest BCUT2D eigenvalue weighted by Gasteiger charge is -2.38. The molecule has 0 amide bonds. The molecule has 12 heavy (non-hydrogen) atoms. The van der Waals surface area contributed by atoms with Gasteiger partial charge in [-0.2, -0.15) is 0 Å². The van der Waals surface area contributed by atoms with Crippen molar-refractivity contribution in [3.05, 3.63) is 0 Å². The van der Waals surface area contributed by atoms with Crippen LogP contribution in [-0.2, 0) is 4.74 Å². The summed E-state index contributed by atoms with van der Waals surface area (Å²) in [7, 11) is 3.78. The molecule has 0 radical (unpaired) electrons. The summed E-state index contributed by atoms with van der Waals surface area (Å²) in [6.07, 6.45) is -1.07. The lowest BCUT2D eigenvalue weighted by Crippen LogP contribution is -2.53. The van der Waals surface area contributed by atoms with Gasteiger partial charge in [0.25, 0.3) is 0 Å². The molecule has 1 rings (SSSR count). The Morgan fingerprint density at radius 1 is 1.33 bits per heavy atom. The van der Waals surface area contributed by atoms with Crippen LogP contribution >= 0.6 is 0 Å². The first-order valence-electron chi connectivity index (χ1n) is 4.20. The van der Waals surface area contributed by atoms with Crippen molar-refractivity contribution in [3.63, 3.8) is 0 Å². The van der Waals surface area contributed by atoms with E-state index in [1.165, 1.54) is 0 Å². The minimum atomic E-state index is -1.04. The van der Waals surface area contributed by atoms with Crippen LogP contribution in [0.1, 0.15) is 13.3 Å². The molecule has 0 spiro atoms. The highest BCUT2D eigenvalue weighted by Crippen LogP contribution is 2.21. The van der Waals surface area contributed by atoms with Gasteiger partial charge in [-0.15, -0.1) is 0 Å². The Labute approximate surface area is 72.7 Å². The monoisotopic (exact) mass is 175 g/mol. The van der Waals surface area contributed by atoms with E-state index in [-0.39, 0.29) is 12.1 Å². The molecule has 4 nitrogen and oxygen atoms in total. The molecule has 1 heterocycles. The van der Waals surface area contributed by atoms with E-state index in [0.717, 1.165) is 6.42 Å². The van der Waals surface area contributed by atoms with Crippen molar-refractivity contribution in [3.8, 4) is 0 Å². The fraction of sp³-hybridized carbons (Fsp3) is 1.00. The van der Waals surface area contributed by atoms with Gasteiger partial charge in [0.15, 0.2) is 6.29 Å². The predicted octanol–water partition coefficient (Wildman–Crippen LogP) is -0.595. The Balaban J connectivity index is 2.60. The molecule has 0 bridgehead atoms. The molecule has 0 saturated carbocycles. The second kappa shape index (κ2) is 3.70. The van der Waals surface area contributed by atoms with E-state index in [1.807, 2.05) is 25.9 Å². The number of aliphatic hydroxyl groups is 2. The lowest BCUT2D eigenvalue weighted by molar-refractivity contribution is -0.230. The molecular formula is C8H17NO3. The summed E-state index contributed by atoms with van der Waals surface area (Å²) in [6.45, 7) is 1.89. The van der Waals surface area contributed by atoms with Crippen molar-refractivity contribution in [2.75, 3.05) is 14.1 Å². The average molecular weight is 175 g/mol. The van der Waals surface area contributed by atoms with E-state index in [2.05, 4.69) is 0 Å². The third-order valence-corrected chi connectivity index (χ3v) is 2.29. The van der Waals surface area contributed by atoms with Gasteiger partial charge < -0.3 is 19.8 Å². The van der Waals surface area contributed by atoms with E-state index >= 15 is 0 Å². The highest BCUT2D eigenvalue weighted by atomic mass is 16.6. The molecule has 1 fully saturated rings. The molecule has 0 aromatic rings. The van der Waals surface area contributed by atoms with Gasteiger partial charge in [0.05, 0.1) is 6.10 Å². The van der Waals surface area contributed by atoms with E-state index in [0.29, 0.717) is 0 Å². The summed E-state index contributed by atoms with van der Waals surface area (Å²) in [5.74, 6) is 0. The van der Waals surface area contributed by atoms with Crippen LogP contribution in [0.5, 0.6) is 0 Å². The molecule has 4 atom stereocenters. The molecule has 1 aliphatic rings. The predicted molar refractivity (Wildman–Crippen MR) is 44.7 cm³/mol. The van der Waals surface area contributed by atoms with Gasteiger partial charge in [-0.25, -0.2) is 0 Å². The Morgan fingerprint density at radius 2 is 1.92 bits per heavy atom. The summed E-state index contributed by atoms with van der Waals surface area (Å²) in [5.41, 5.74) is 0. The molecule has 72 valence electrons. The topological polar surface area (TPSA) is 52.9 Å². The molecule has 1 saturated heterocycles. The van der Waals surface area contributed by atoms with Gasteiger partial charge in [0, 0.05) is 6.04 Å². The number of nitrogens with zero attached hydrogens (tertiary/aromatic N) is 1. The van der Waals surface area contributed by atoms with Crippen LogP contribution in [0, 0.1) is 0 Å². The lowest BCUT2D eigenvalue weighted by atomic mass is 9.99. The molecule has 0 aromatic heterocycles. The van der Waals surface area contributed by atoms with E-state index in [1.54, 1.807) is 0 Å². The molecule has 0 aromatic carbocycles. The molecule has 0 unspecified atom stereocenters. The zero-order valence-corrected chi connectivity index (χ0v) is 7.77. The Morgan fingerprint density at radius 3 is 2.42 bits per heavy atom. The number of aliphatic hydroxyl groups excluding tert-OH is 2. The highest BCUT2D eigenvalue weighted by molar-refractivity contribution is 4.84. The number of rotatable bonds is 1. The van der Waals surface area contributed by atoms with Gasteiger partial charge in [-0.3, -0.25) is 0 Å². The fourth-order valence-corrected chi connectivity index (χ4v) is 1.56. The maximum Gasteiger partial charge on any atom is 0.182 e. The smallest absolute Gasteiger partial charge is 0.182 e. The Hall–Kier alpha value is -0.160. The minimum absolute atomic E-state index is 0.01000. The summed E-state index contributed by atoms with van der Waals surface area (Å²) in [4.78, 5) is 1.91. The van der Waals surface area contributed by atoms with Crippen molar-refractivity contribution in [1.82, 2.24) is 4.90 Å². The molecule has 2 N–H and O–H groups in total. The van der Waals surface area contributed by atoms with Gasteiger partial charge in [0.1, 0.15) is 6.10 Å². The minimum Gasteiger partial charge on any atom is -0.386 e. The molecule has 4 heteroatoms. The number of hydrogen-bond acceptors (Lipinski definition) is 4. The molecule has 0 aliphatic carbocycles. The average Bonchev–Trinajstić information content (AvgIpc) is 1.96. The summed E-state index contributed by atoms with van der Waals surface area (Å²) < 4.78 is 5.06. The zero-order valence-electron chi connectivity index (χ0n) is 7.77. The number of likely N-dealkylation sites (N-methyl/N-ethyl adjacent to an activating group) is 1.